The molecule has 0 fully saturated rings. The number of benzene rings is 1. The predicted molar refractivity (Wildman–Crippen MR) is 54.4 cm³/mol. The van der Waals surface area contributed by atoms with Crippen molar-refractivity contribution in [2.45, 2.75) is 24.1 Å². The van der Waals surface area contributed by atoms with E-state index in [0.717, 1.165) is 13.8 Å². The molecule has 0 saturated heterocycles. The monoisotopic (exact) mass is 252 g/mol. The molecule has 0 unspecified atom stereocenters. The van der Waals surface area contributed by atoms with Crippen LogP contribution in [0.25, 0.3) is 0 Å². The highest BCUT2D eigenvalue weighted by molar-refractivity contribution is 7.93. The Balaban J connectivity index is 3.34. The first-order chi connectivity index (χ1) is 7.11. The lowest BCUT2D eigenvalue weighted by Crippen LogP contribution is -2.39. The molecule has 0 aliphatic carbocycles. The fourth-order valence-electron chi connectivity index (χ4n) is 1.28. The van der Waals surface area contributed by atoms with Crippen molar-refractivity contribution in [3.8, 4) is 0 Å². The molecule has 2 nitrogen and oxygen atoms in total. The van der Waals surface area contributed by atoms with Gasteiger partial charge in [0.2, 0.25) is 0 Å². The number of hydrogen-bond acceptors (Lipinski definition) is 2. The number of alkyl halides is 3. The van der Waals surface area contributed by atoms with Gasteiger partial charge in [0.25, 0.3) is 9.84 Å². The Morgan fingerprint density at radius 2 is 1.44 bits per heavy atom. The van der Waals surface area contributed by atoms with Crippen LogP contribution in [-0.2, 0) is 14.6 Å². The number of rotatable bonds is 2. The highest BCUT2D eigenvalue weighted by Crippen LogP contribution is 2.39. The van der Waals surface area contributed by atoms with Gasteiger partial charge in [-0.2, -0.15) is 13.2 Å². The predicted octanol–water partition coefficient (Wildman–Crippen LogP) is 2.86. The molecule has 0 aliphatic heterocycles. The van der Waals surface area contributed by atoms with Gasteiger partial charge in [0.15, 0.2) is 0 Å². The van der Waals surface area contributed by atoms with Gasteiger partial charge >= 0.3 is 5.51 Å². The molecule has 0 radical (unpaired) electrons. The summed E-state index contributed by atoms with van der Waals surface area (Å²) in [5, 5.41) is 0. The van der Waals surface area contributed by atoms with E-state index in [-0.39, 0.29) is 5.56 Å². The number of sulfone groups is 1. The molecule has 0 saturated carbocycles. The van der Waals surface area contributed by atoms with Crippen LogP contribution >= 0.6 is 0 Å². The fraction of sp³-hybridized carbons (Fsp3) is 0.400. The van der Waals surface area contributed by atoms with Gasteiger partial charge in [0, 0.05) is 0 Å². The summed E-state index contributed by atoms with van der Waals surface area (Å²) in [7, 11) is -5.23. The third-order valence-corrected chi connectivity index (χ3v) is 4.63. The first-order valence-corrected chi connectivity index (χ1v) is 5.95. The van der Waals surface area contributed by atoms with Crippen LogP contribution in [0.5, 0.6) is 0 Å². The summed E-state index contributed by atoms with van der Waals surface area (Å²) in [6, 6.07) is 7.35. The largest absolute Gasteiger partial charge is 0.498 e. The second kappa shape index (κ2) is 3.76. The quantitative estimate of drug-likeness (QED) is 0.811. The highest BCUT2D eigenvalue weighted by atomic mass is 32.2. The summed E-state index contributed by atoms with van der Waals surface area (Å²) in [6.45, 7) is 2.09. The van der Waals surface area contributed by atoms with Gasteiger partial charge in [0.1, 0.15) is 4.75 Å². The van der Waals surface area contributed by atoms with E-state index in [4.69, 9.17) is 0 Å². The minimum absolute atomic E-state index is 0.118. The molecule has 0 aliphatic rings. The molecule has 0 spiro atoms. The Bertz CT molecular complexity index is 461. The lowest BCUT2D eigenvalue weighted by molar-refractivity contribution is -0.0456. The average Bonchev–Trinajstić information content (AvgIpc) is 2.17. The first-order valence-electron chi connectivity index (χ1n) is 4.47. The fourth-order valence-corrected chi connectivity index (χ4v) is 2.31. The number of halogens is 3. The molecule has 1 aromatic rings. The Hall–Kier alpha value is -1.04. The standard InChI is InChI=1S/C10H11F3O2S/c1-9(2,8-6-4-3-5-7-8)16(14,15)10(11,12)13/h3-7H,1-2H3. The van der Waals surface area contributed by atoms with Gasteiger partial charge in [-0.25, -0.2) is 8.42 Å². The zero-order chi connectivity index (χ0) is 12.6. The van der Waals surface area contributed by atoms with Crippen LogP contribution in [0.1, 0.15) is 19.4 Å². The van der Waals surface area contributed by atoms with Gasteiger partial charge in [-0.1, -0.05) is 30.3 Å². The van der Waals surface area contributed by atoms with E-state index in [1.165, 1.54) is 24.3 Å². The topological polar surface area (TPSA) is 34.1 Å². The lowest BCUT2D eigenvalue weighted by atomic mass is 10.0. The van der Waals surface area contributed by atoms with Crippen LogP contribution in [0.3, 0.4) is 0 Å². The summed E-state index contributed by atoms with van der Waals surface area (Å²) in [5.41, 5.74) is -5.13. The molecule has 0 heterocycles. The molecule has 0 aromatic heterocycles. The zero-order valence-corrected chi connectivity index (χ0v) is 9.56. The molecule has 0 bridgehead atoms. The summed E-state index contributed by atoms with van der Waals surface area (Å²) in [6.07, 6.45) is 0. The molecular weight excluding hydrogens is 241 g/mol. The van der Waals surface area contributed by atoms with Crippen molar-refractivity contribution in [2.75, 3.05) is 0 Å². The van der Waals surface area contributed by atoms with E-state index in [0.29, 0.717) is 0 Å². The van der Waals surface area contributed by atoms with Crippen LogP contribution in [0.4, 0.5) is 13.2 Å². The van der Waals surface area contributed by atoms with Crippen molar-refractivity contribution in [3.63, 3.8) is 0 Å². The molecule has 6 heteroatoms. The molecule has 16 heavy (non-hydrogen) atoms. The minimum atomic E-state index is -5.24. The second-order valence-electron chi connectivity index (χ2n) is 3.83. The van der Waals surface area contributed by atoms with Gasteiger partial charge in [-0.3, -0.25) is 0 Å². The van der Waals surface area contributed by atoms with Crippen LogP contribution in [0, 0.1) is 0 Å². The van der Waals surface area contributed by atoms with Crippen molar-refractivity contribution in [1.82, 2.24) is 0 Å². The summed E-state index contributed by atoms with van der Waals surface area (Å²) >= 11 is 0. The Kier molecular flexibility index (Phi) is 3.06. The van der Waals surface area contributed by atoms with Gasteiger partial charge in [-0.15, -0.1) is 0 Å². The van der Waals surface area contributed by atoms with E-state index in [2.05, 4.69) is 0 Å². The van der Waals surface area contributed by atoms with Crippen molar-refractivity contribution in [3.05, 3.63) is 35.9 Å². The Labute approximate surface area is 92.0 Å². The van der Waals surface area contributed by atoms with Crippen LogP contribution in [0.2, 0.25) is 0 Å². The van der Waals surface area contributed by atoms with Crippen LogP contribution < -0.4 is 0 Å². The van der Waals surface area contributed by atoms with E-state index in [1.54, 1.807) is 6.07 Å². The van der Waals surface area contributed by atoms with E-state index in [9.17, 15) is 21.6 Å². The average molecular weight is 252 g/mol. The third kappa shape index (κ3) is 1.93. The summed E-state index contributed by atoms with van der Waals surface area (Å²) < 4.78 is 58.0. The van der Waals surface area contributed by atoms with Gasteiger partial charge < -0.3 is 0 Å². The van der Waals surface area contributed by atoms with E-state index in [1.807, 2.05) is 0 Å². The molecule has 0 atom stereocenters. The second-order valence-corrected chi connectivity index (χ2v) is 6.32. The maximum Gasteiger partial charge on any atom is 0.498 e. The Morgan fingerprint density at radius 1 is 1.00 bits per heavy atom. The molecule has 1 rings (SSSR count). The number of hydrogen-bond donors (Lipinski definition) is 0. The molecule has 0 N–H and O–H groups in total. The SMILES string of the molecule is CC(C)(c1ccccc1)S(=O)(=O)C(F)(F)F. The van der Waals surface area contributed by atoms with Crippen molar-refractivity contribution >= 4 is 9.84 Å². The highest BCUT2D eigenvalue weighted by Gasteiger charge is 2.55. The summed E-state index contributed by atoms with van der Waals surface area (Å²) in [5.74, 6) is 0. The normalized spacial score (nSPS) is 13.8. The maximum atomic E-state index is 12.4. The first kappa shape index (κ1) is 13.0. The third-order valence-electron chi connectivity index (χ3n) is 2.45. The zero-order valence-electron chi connectivity index (χ0n) is 8.75. The Morgan fingerprint density at radius 3 is 1.81 bits per heavy atom. The van der Waals surface area contributed by atoms with Crippen molar-refractivity contribution in [2.24, 2.45) is 0 Å². The van der Waals surface area contributed by atoms with E-state index >= 15 is 0 Å². The minimum Gasteiger partial charge on any atom is -0.219 e. The van der Waals surface area contributed by atoms with Crippen molar-refractivity contribution < 1.29 is 21.6 Å². The van der Waals surface area contributed by atoms with Crippen LogP contribution in [-0.4, -0.2) is 13.9 Å². The summed E-state index contributed by atoms with van der Waals surface area (Å²) in [4.78, 5) is 0. The molecular formula is C10H11F3O2S. The maximum absolute atomic E-state index is 12.4. The van der Waals surface area contributed by atoms with E-state index < -0.39 is 20.1 Å². The molecule has 0 amide bonds. The van der Waals surface area contributed by atoms with Gasteiger partial charge in [-0.05, 0) is 19.4 Å². The van der Waals surface area contributed by atoms with Gasteiger partial charge in [0.05, 0.1) is 0 Å². The smallest absolute Gasteiger partial charge is 0.219 e. The lowest BCUT2D eigenvalue weighted by Gasteiger charge is -2.26. The molecule has 1 aromatic carbocycles. The molecule has 90 valence electrons. The van der Waals surface area contributed by atoms with Crippen molar-refractivity contribution in [1.29, 1.82) is 0 Å². The van der Waals surface area contributed by atoms with Crippen LogP contribution in [0.15, 0.2) is 30.3 Å².